The second kappa shape index (κ2) is 5.83. The Kier molecular flexibility index (Phi) is 4.15. The van der Waals surface area contributed by atoms with Crippen molar-refractivity contribution >= 4 is 23.0 Å². The molecule has 0 amide bonds. The van der Waals surface area contributed by atoms with E-state index in [9.17, 15) is 4.39 Å². The number of para-hydroxylation sites is 1. The summed E-state index contributed by atoms with van der Waals surface area (Å²) in [5, 5.41) is 0. The van der Waals surface area contributed by atoms with Crippen LogP contribution in [0.3, 0.4) is 0 Å². The van der Waals surface area contributed by atoms with Crippen LogP contribution in [0, 0.1) is 5.82 Å². The van der Waals surface area contributed by atoms with Gasteiger partial charge in [0.15, 0.2) is 0 Å². The Bertz CT molecular complexity index is 531. The van der Waals surface area contributed by atoms with E-state index in [-0.39, 0.29) is 5.82 Å². The Morgan fingerprint density at radius 2 is 2.00 bits per heavy atom. The third kappa shape index (κ3) is 2.46. The van der Waals surface area contributed by atoms with Crippen LogP contribution in [0.15, 0.2) is 42.7 Å². The Hall–Kier alpha value is -1.61. The molecule has 4 heteroatoms. The van der Waals surface area contributed by atoms with E-state index in [1.165, 1.54) is 6.07 Å². The minimum atomic E-state index is -0.239. The average Bonchev–Trinajstić information content (AvgIpc) is 2.42. The molecule has 0 aliphatic rings. The molecule has 2 rings (SSSR count). The number of nitrogens with zero attached hydrogens (tertiary/aromatic N) is 2. The largest absolute Gasteiger partial charge is 0.339 e. The van der Waals surface area contributed by atoms with Crippen molar-refractivity contribution in [2.45, 2.75) is 12.8 Å². The van der Waals surface area contributed by atoms with Crippen molar-refractivity contribution in [3.05, 3.63) is 54.1 Å². The maximum absolute atomic E-state index is 13.9. The van der Waals surface area contributed by atoms with Crippen LogP contribution in [0.4, 0.5) is 15.8 Å². The summed E-state index contributed by atoms with van der Waals surface area (Å²) in [5.74, 6) is 0.116. The Labute approximate surface area is 111 Å². The minimum absolute atomic E-state index is 0.239. The number of anilines is 2. The first-order valence-electron chi connectivity index (χ1n) is 5.78. The van der Waals surface area contributed by atoms with Gasteiger partial charge in [-0.2, -0.15) is 0 Å². The van der Waals surface area contributed by atoms with Crippen LogP contribution in [0.25, 0.3) is 0 Å². The zero-order valence-corrected chi connectivity index (χ0v) is 10.9. The molecule has 0 fully saturated rings. The SMILES string of the molecule is CCN(c1ccccc1F)c1ccncc1CCl. The number of hydrogen-bond donors (Lipinski definition) is 0. The summed E-state index contributed by atoms with van der Waals surface area (Å²) < 4.78 is 13.9. The normalized spacial score (nSPS) is 10.4. The monoisotopic (exact) mass is 264 g/mol. The standard InChI is InChI=1S/C14H14ClFN2/c1-2-18(14-6-4-3-5-12(14)16)13-7-8-17-10-11(13)9-15/h3-8,10H,2,9H2,1H3. The highest BCUT2D eigenvalue weighted by Gasteiger charge is 2.14. The van der Waals surface area contributed by atoms with Gasteiger partial charge in [0.2, 0.25) is 0 Å². The summed E-state index contributed by atoms with van der Waals surface area (Å²) in [6.07, 6.45) is 3.40. The molecule has 0 aliphatic carbocycles. The fraction of sp³-hybridized carbons (Fsp3) is 0.214. The lowest BCUT2D eigenvalue weighted by Gasteiger charge is -2.25. The van der Waals surface area contributed by atoms with Crippen molar-refractivity contribution < 1.29 is 4.39 Å². The van der Waals surface area contributed by atoms with Crippen molar-refractivity contribution in [3.8, 4) is 0 Å². The molecule has 2 aromatic rings. The van der Waals surface area contributed by atoms with Crippen molar-refractivity contribution in [3.63, 3.8) is 0 Å². The Morgan fingerprint density at radius 3 is 2.67 bits per heavy atom. The molecule has 0 unspecified atom stereocenters. The fourth-order valence-electron chi connectivity index (χ4n) is 1.93. The summed E-state index contributed by atoms with van der Waals surface area (Å²) in [7, 11) is 0. The molecular formula is C14H14ClFN2. The van der Waals surface area contributed by atoms with E-state index >= 15 is 0 Å². The predicted octanol–water partition coefficient (Wildman–Crippen LogP) is 4.12. The van der Waals surface area contributed by atoms with Gasteiger partial charge >= 0.3 is 0 Å². The van der Waals surface area contributed by atoms with E-state index in [1.807, 2.05) is 24.0 Å². The number of aromatic nitrogens is 1. The number of alkyl halides is 1. The summed E-state index contributed by atoms with van der Waals surface area (Å²) in [4.78, 5) is 5.94. The van der Waals surface area contributed by atoms with Crippen molar-refractivity contribution in [1.29, 1.82) is 0 Å². The summed E-state index contributed by atoms with van der Waals surface area (Å²) in [5.41, 5.74) is 2.34. The van der Waals surface area contributed by atoms with Gasteiger partial charge in [-0.15, -0.1) is 11.6 Å². The first-order chi connectivity index (χ1) is 8.77. The third-order valence-electron chi connectivity index (χ3n) is 2.77. The second-order valence-corrected chi connectivity index (χ2v) is 4.10. The summed E-state index contributed by atoms with van der Waals surface area (Å²) >= 11 is 5.90. The smallest absolute Gasteiger partial charge is 0.146 e. The molecule has 0 saturated carbocycles. The van der Waals surface area contributed by atoms with Crippen LogP contribution in [-0.4, -0.2) is 11.5 Å². The van der Waals surface area contributed by atoms with Crippen molar-refractivity contribution in [2.24, 2.45) is 0 Å². The molecule has 1 aromatic carbocycles. The van der Waals surface area contributed by atoms with E-state index in [0.29, 0.717) is 18.1 Å². The molecule has 0 saturated heterocycles. The lowest BCUT2D eigenvalue weighted by Crippen LogP contribution is -2.18. The van der Waals surface area contributed by atoms with E-state index in [1.54, 1.807) is 24.5 Å². The van der Waals surface area contributed by atoms with Gasteiger partial charge in [0.1, 0.15) is 5.82 Å². The van der Waals surface area contributed by atoms with E-state index in [0.717, 1.165) is 11.3 Å². The van der Waals surface area contributed by atoms with Gasteiger partial charge in [-0.25, -0.2) is 4.39 Å². The molecule has 0 bridgehead atoms. The van der Waals surface area contributed by atoms with Crippen LogP contribution >= 0.6 is 11.6 Å². The number of benzene rings is 1. The number of hydrogen-bond acceptors (Lipinski definition) is 2. The number of pyridine rings is 1. The van der Waals surface area contributed by atoms with Gasteiger partial charge in [0, 0.05) is 30.2 Å². The Balaban J connectivity index is 2.49. The zero-order chi connectivity index (χ0) is 13.0. The van der Waals surface area contributed by atoms with Gasteiger partial charge in [0.25, 0.3) is 0 Å². The minimum Gasteiger partial charge on any atom is -0.339 e. The zero-order valence-electron chi connectivity index (χ0n) is 10.1. The van der Waals surface area contributed by atoms with Crippen LogP contribution in [0.5, 0.6) is 0 Å². The van der Waals surface area contributed by atoms with Crippen LogP contribution < -0.4 is 4.90 Å². The highest BCUT2D eigenvalue weighted by Crippen LogP contribution is 2.30. The maximum Gasteiger partial charge on any atom is 0.146 e. The fourth-order valence-corrected chi connectivity index (χ4v) is 2.13. The summed E-state index contributed by atoms with van der Waals surface area (Å²) in [6.45, 7) is 2.64. The van der Waals surface area contributed by atoms with E-state index in [2.05, 4.69) is 4.98 Å². The van der Waals surface area contributed by atoms with Gasteiger partial charge < -0.3 is 4.90 Å². The van der Waals surface area contributed by atoms with Gasteiger partial charge in [-0.1, -0.05) is 12.1 Å². The topological polar surface area (TPSA) is 16.1 Å². The molecule has 0 aliphatic heterocycles. The molecule has 94 valence electrons. The second-order valence-electron chi connectivity index (χ2n) is 3.83. The lowest BCUT2D eigenvalue weighted by molar-refractivity contribution is 0.625. The first kappa shape index (κ1) is 12.8. The first-order valence-corrected chi connectivity index (χ1v) is 6.32. The highest BCUT2D eigenvalue weighted by molar-refractivity contribution is 6.17. The van der Waals surface area contributed by atoms with Crippen LogP contribution in [0.1, 0.15) is 12.5 Å². The van der Waals surface area contributed by atoms with Crippen molar-refractivity contribution in [1.82, 2.24) is 4.98 Å². The van der Waals surface area contributed by atoms with E-state index < -0.39 is 0 Å². The van der Waals surface area contributed by atoms with Gasteiger partial charge in [-0.05, 0) is 25.1 Å². The lowest BCUT2D eigenvalue weighted by atomic mass is 10.2. The van der Waals surface area contributed by atoms with E-state index in [4.69, 9.17) is 11.6 Å². The maximum atomic E-state index is 13.9. The highest BCUT2D eigenvalue weighted by atomic mass is 35.5. The van der Waals surface area contributed by atoms with Crippen LogP contribution in [0.2, 0.25) is 0 Å². The predicted molar refractivity (Wildman–Crippen MR) is 72.9 cm³/mol. The molecule has 1 heterocycles. The van der Waals surface area contributed by atoms with Crippen LogP contribution in [-0.2, 0) is 5.88 Å². The average molecular weight is 265 g/mol. The third-order valence-corrected chi connectivity index (χ3v) is 3.06. The summed E-state index contributed by atoms with van der Waals surface area (Å²) in [6, 6.07) is 8.58. The van der Waals surface area contributed by atoms with Gasteiger partial charge in [-0.3, -0.25) is 4.98 Å². The molecule has 18 heavy (non-hydrogen) atoms. The Morgan fingerprint density at radius 1 is 1.22 bits per heavy atom. The van der Waals surface area contributed by atoms with Gasteiger partial charge in [0.05, 0.1) is 11.6 Å². The molecule has 0 radical (unpaired) electrons. The molecule has 1 aromatic heterocycles. The molecule has 0 spiro atoms. The number of halogens is 2. The quantitative estimate of drug-likeness (QED) is 0.773. The molecule has 2 nitrogen and oxygen atoms in total. The molecule has 0 atom stereocenters. The van der Waals surface area contributed by atoms with Crippen molar-refractivity contribution in [2.75, 3.05) is 11.4 Å². The molecular weight excluding hydrogens is 251 g/mol. The number of rotatable bonds is 4. The molecule has 0 N–H and O–H groups in total.